The van der Waals surface area contributed by atoms with Gasteiger partial charge in [-0.25, -0.2) is 0 Å². The van der Waals surface area contributed by atoms with E-state index in [1.54, 1.807) is 17.2 Å². The predicted molar refractivity (Wildman–Crippen MR) is 137 cm³/mol. The average Bonchev–Trinajstić information content (AvgIpc) is 3.07. The fourth-order valence-corrected chi connectivity index (χ4v) is 3.80. The molecule has 0 aromatic rings. The molecule has 1 rings (SSSR count). The molecule has 0 spiro atoms. The minimum atomic E-state index is -0.497. The quantitative estimate of drug-likeness (QED) is 0.201. The number of aliphatic hydroxyl groups is 1. The smallest absolute Gasteiger partial charge is 0.120 e. The molecule has 0 bridgehead atoms. The molecule has 0 amide bonds. The summed E-state index contributed by atoms with van der Waals surface area (Å²) in [5, 5.41) is 27.7. The minimum Gasteiger partial charge on any atom is -0.391 e. The van der Waals surface area contributed by atoms with Gasteiger partial charge in [-0.2, -0.15) is 0 Å². The zero-order valence-corrected chi connectivity index (χ0v) is 20.4. The van der Waals surface area contributed by atoms with E-state index in [-0.39, 0.29) is 17.5 Å². The lowest BCUT2D eigenvalue weighted by Crippen LogP contribution is -2.54. The number of nitrogens with zero attached hydrogens (tertiary/aromatic N) is 1. The zero-order valence-electron chi connectivity index (χ0n) is 19.6. The molecule has 5 nitrogen and oxygen atoms in total. The van der Waals surface area contributed by atoms with Crippen molar-refractivity contribution < 1.29 is 5.11 Å². The van der Waals surface area contributed by atoms with Crippen LogP contribution in [0.15, 0.2) is 73.0 Å². The Hall–Kier alpha value is -2.18. The fraction of sp³-hybridized carbons (Fsp3) is 0.480. The van der Waals surface area contributed by atoms with E-state index in [1.165, 1.54) is 0 Å². The molecule has 0 aromatic heterocycles. The van der Waals surface area contributed by atoms with E-state index in [0.29, 0.717) is 25.3 Å². The number of β-amino-alcohol motifs (C(OH)–C–C–N with tert-alkyl or cyclic N) is 1. The van der Waals surface area contributed by atoms with E-state index < -0.39 is 6.10 Å². The monoisotopic (exact) mass is 444 g/mol. The third-order valence-electron chi connectivity index (χ3n) is 5.00. The van der Waals surface area contributed by atoms with E-state index >= 15 is 0 Å². The fourth-order valence-electron chi connectivity index (χ4n) is 3.37. The maximum atomic E-state index is 10.3. The van der Waals surface area contributed by atoms with Crippen molar-refractivity contribution in [3.63, 3.8) is 0 Å². The molecule has 1 fully saturated rings. The zero-order chi connectivity index (χ0) is 23.8. The molecule has 1 aliphatic rings. The van der Waals surface area contributed by atoms with Gasteiger partial charge >= 0.3 is 0 Å². The molecule has 172 valence electrons. The lowest BCUT2D eigenvalue weighted by molar-refractivity contribution is 0.186. The van der Waals surface area contributed by atoms with E-state index in [9.17, 15) is 5.11 Å². The molecular formula is C25H40N4OS. The Bertz CT molecular complexity index is 747. The molecule has 0 aliphatic carbocycles. The van der Waals surface area contributed by atoms with E-state index in [0.717, 1.165) is 28.3 Å². The normalized spacial score (nSPS) is 19.7. The molecule has 1 aliphatic heterocycles. The summed E-state index contributed by atoms with van der Waals surface area (Å²) >= 11 is 1.61. The Labute approximate surface area is 193 Å². The molecular weight excluding hydrogens is 404 g/mol. The average molecular weight is 445 g/mol. The van der Waals surface area contributed by atoms with Crippen LogP contribution in [0.1, 0.15) is 34.1 Å². The third kappa shape index (κ3) is 8.83. The Morgan fingerprint density at radius 2 is 1.84 bits per heavy atom. The van der Waals surface area contributed by atoms with Crippen LogP contribution in [0, 0.1) is 10.8 Å². The number of aliphatic hydroxyl groups excluding tert-OH is 1. The topological polar surface area (TPSA) is 71.4 Å². The van der Waals surface area contributed by atoms with Gasteiger partial charge in [0.1, 0.15) is 5.84 Å². The largest absolute Gasteiger partial charge is 0.391 e. The van der Waals surface area contributed by atoms with Gasteiger partial charge in [0.15, 0.2) is 0 Å². The van der Waals surface area contributed by atoms with E-state index in [4.69, 9.17) is 5.41 Å². The van der Waals surface area contributed by atoms with E-state index in [2.05, 4.69) is 64.3 Å². The van der Waals surface area contributed by atoms with Crippen LogP contribution >= 0.6 is 11.8 Å². The van der Waals surface area contributed by atoms with Crippen LogP contribution in [-0.2, 0) is 0 Å². The highest BCUT2D eigenvalue weighted by Gasteiger charge is 2.39. The van der Waals surface area contributed by atoms with Crippen molar-refractivity contribution in [3.8, 4) is 0 Å². The molecule has 4 N–H and O–H groups in total. The maximum Gasteiger partial charge on any atom is 0.120 e. The Kier molecular flexibility index (Phi) is 10.4. The number of allylic oxidation sites excluding steroid dienone is 2. The molecule has 0 aromatic carbocycles. The first-order valence-electron chi connectivity index (χ1n) is 10.5. The van der Waals surface area contributed by atoms with Crippen LogP contribution in [0.25, 0.3) is 0 Å². The second-order valence-corrected chi connectivity index (χ2v) is 10.1. The van der Waals surface area contributed by atoms with Crippen LogP contribution in [0.3, 0.4) is 0 Å². The second kappa shape index (κ2) is 12.0. The number of hydrogen-bond donors (Lipinski definition) is 4. The number of hydrogen-bond acceptors (Lipinski definition) is 5. The SMILES string of the molecule is C=CSCC(=C)/C=C\C(=C)CNC(=C)[C@@H]1C[C@@H](O)CN1C(=N)[C@@H](NC(=C)C)C(C)(C)C. The highest BCUT2D eigenvalue weighted by atomic mass is 32.2. The summed E-state index contributed by atoms with van der Waals surface area (Å²) < 4.78 is 0. The van der Waals surface area contributed by atoms with Crippen LogP contribution in [-0.4, -0.2) is 52.9 Å². The summed E-state index contributed by atoms with van der Waals surface area (Å²) in [7, 11) is 0. The minimum absolute atomic E-state index is 0.157. The second-order valence-electron chi connectivity index (χ2n) is 9.17. The van der Waals surface area contributed by atoms with Gasteiger partial charge in [0.2, 0.25) is 0 Å². The number of amidine groups is 1. The van der Waals surface area contributed by atoms with E-state index in [1.807, 2.05) is 24.0 Å². The summed E-state index contributed by atoms with van der Waals surface area (Å²) in [5.74, 6) is 1.24. The highest BCUT2D eigenvalue weighted by molar-refractivity contribution is 8.02. The molecule has 6 heteroatoms. The standard InChI is InChI=1S/C25H40N4OS/c1-10-31-16-19(5)12-11-18(4)14-27-20(6)22-13-21(30)15-29(22)24(26)23(25(7,8)9)28-17(2)3/h10-12,21-23,26-28,30H,1-2,4-6,13-16H2,3,7-9H3/b12-11-,26-24?/t21-,22+,23-/m1/s1. The van der Waals surface area contributed by atoms with Gasteiger partial charge in [-0.15, -0.1) is 11.8 Å². The lowest BCUT2D eigenvalue weighted by Gasteiger charge is -2.39. The van der Waals surface area contributed by atoms with Crippen molar-refractivity contribution >= 4 is 17.6 Å². The molecule has 0 saturated carbocycles. The maximum absolute atomic E-state index is 10.3. The van der Waals surface area contributed by atoms with Crippen LogP contribution in [0.4, 0.5) is 0 Å². The number of thioether (sulfide) groups is 1. The van der Waals surface area contributed by atoms with Gasteiger partial charge in [0, 0.05) is 36.7 Å². The van der Waals surface area contributed by atoms with Gasteiger partial charge < -0.3 is 20.6 Å². The molecule has 1 saturated heterocycles. The van der Waals surface area contributed by atoms with Crippen molar-refractivity contribution in [2.24, 2.45) is 5.41 Å². The summed E-state index contributed by atoms with van der Waals surface area (Å²) in [6.07, 6.45) is 3.95. The predicted octanol–water partition coefficient (Wildman–Crippen LogP) is 4.59. The van der Waals surface area contributed by atoms with Crippen LogP contribution < -0.4 is 10.6 Å². The van der Waals surface area contributed by atoms with Gasteiger partial charge in [-0.3, -0.25) is 5.41 Å². The van der Waals surface area contributed by atoms with Gasteiger partial charge in [-0.05, 0) is 28.9 Å². The van der Waals surface area contributed by atoms with Gasteiger partial charge in [0.05, 0.1) is 18.2 Å². The third-order valence-corrected chi connectivity index (χ3v) is 5.78. The first-order valence-corrected chi connectivity index (χ1v) is 11.6. The van der Waals surface area contributed by atoms with Crippen LogP contribution in [0.5, 0.6) is 0 Å². The number of rotatable bonds is 12. The van der Waals surface area contributed by atoms with Crippen molar-refractivity contribution in [2.45, 2.75) is 52.3 Å². The summed E-state index contributed by atoms with van der Waals surface area (Å²) in [5.41, 5.74) is 3.31. The lowest BCUT2D eigenvalue weighted by atomic mass is 9.85. The Morgan fingerprint density at radius 1 is 1.23 bits per heavy atom. The molecule has 0 radical (unpaired) electrons. The van der Waals surface area contributed by atoms with Crippen molar-refractivity contribution in [1.82, 2.24) is 15.5 Å². The van der Waals surface area contributed by atoms with Crippen molar-refractivity contribution in [3.05, 3.63) is 73.0 Å². The first kappa shape index (κ1) is 26.9. The molecule has 1 heterocycles. The number of likely N-dealkylation sites (tertiary alicyclic amines) is 1. The Balaban J connectivity index is 2.79. The van der Waals surface area contributed by atoms with Gasteiger partial charge in [0.25, 0.3) is 0 Å². The van der Waals surface area contributed by atoms with Crippen molar-refractivity contribution in [1.29, 1.82) is 5.41 Å². The summed E-state index contributed by atoms with van der Waals surface area (Å²) in [6, 6.07) is -0.377. The summed E-state index contributed by atoms with van der Waals surface area (Å²) in [6.45, 7) is 29.1. The molecule has 0 unspecified atom stereocenters. The summed E-state index contributed by atoms with van der Waals surface area (Å²) in [4.78, 5) is 1.94. The van der Waals surface area contributed by atoms with Crippen molar-refractivity contribution in [2.75, 3.05) is 18.8 Å². The molecule has 3 atom stereocenters. The first-order chi connectivity index (χ1) is 14.4. The van der Waals surface area contributed by atoms with Gasteiger partial charge in [-0.1, -0.05) is 65.8 Å². The highest BCUT2D eigenvalue weighted by Crippen LogP contribution is 2.28. The van der Waals surface area contributed by atoms with Crippen LogP contribution in [0.2, 0.25) is 0 Å². The number of nitrogens with one attached hydrogen (secondary N) is 3. The Morgan fingerprint density at radius 3 is 2.39 bits per heavy atom. The molecule has 31 heavy (non-hydrogen) atoms.